The van der Waals surface area contributed by atoms with Gasteiger partial charge in [0.2, 0.25) is 0 Å². The van der Waals surface area contributed by atoms with Crippen LogP contribution in [-0.4, -0.2) is 27.6 Å². The van der Waals surface area contributed by atoms with Crippen LogP contribution in [0.4, 0.5) is 0 Å². The lowest BCUT2D eigenvalue weighted by molar-refractivity contribution is -0.141. The minimum absolute atomic E-state index is 0.469. The van der Waals surface area contributed by atoms with Crippen LogP contribution < -0.4 is 4.74 Å². The normalized spacial score (nSPS) is 15.9. The van der Waals surface area contributed by atoms with E-state index >= 15 is 0 Å². The summed E-state index contributed by atoms with van der Waals surface area (Å²) in [6, 6.07) is 6.95. The highest BCUT2D eigenvalue weighted by molar-refractivity contribution is 7.85. The van der Waals surface area contributed by atoms with Crippen molar-refractivity contribution in [2.45, 2.75) is 24.0 Å². The van der Waals surface area contributed by atoms with Crippen molar-refractivity contribution in [2.75, 3.05) is 7.11 Å². The first-order valence-electron chi connectivity index (χ1n) is 5.25. The molecule has 0 aromatic heterocycles. The van der Waals surface area contributed by atoms with Crippen molar-refractivity contribution in [1.82, 2.24) is 0 Å². The lowest BCUT2D eigenvalue weighted by Gasteiger charge is -2.17. The van der Waals surface area contributed by atoms with E-state index in [0.717, 1.165) is 0 Å². The third kappa shape index (κ3) is 3.06. The number of aliphatic carboxylic acids is 1. The van der Waals surface area contributed by atoms with Gasteiger partial charge in [0.15, 0.2) is 0 Å². The van der Waals surface area contributed by atoms with E-state index in [1.54, 1.807) is 38.1 Å². The summed E-state index contributed by atoms with van der Waals surface area (Å²) in [4.78, 5) is 11.4. The highest BCUT2D eigenvalue weighted by Crippen LogP contribution is 2.26. The number of carbonyl (C=O) groups is 1. The second kappa shape index (κ2) is 5.82. The van der Waals surface area contributed by atoms with Gasteiger partial charge in [0.1, 0.15) is 5.75 Å². The fraction of sp³-hybridized carbons (Fsp3) is 0.417. The lowest BCUT2D eigenvalue weighted by Crippen LogP contribution is -2.27. The Balaban J connectivity index is 3.00. The van der Waals surface area contributed by atoms with Crippen LogP contribution in [0.3, 0.4) is 0 Å². The molecule has 1 aromatic rings. The molecule has 3 atom stereocenters. The van der Waals surface area contributed by atoms with Crippen molar-refractivity contribution < 1.29 is 18.8 Å². The van der Waals surface area contributed by atoms with Crippen LogP contribution >= 0.6 is 0 Å². The maximum atomic E-state index is 12.2. The summed E-state index contributed by atoms with van der Waals surface area (Å²) in [5.41, 5.74) is 0. The highest BCUT2D eigenvalue weighted by atomic mass is 32.2. The standard InChI is InChI=1S/C12H16O4S/c1-8(12(13)14)9(2)17(15)11-7-5-4-6-10(11)16-3/h4-9H,1-3H3,(H,13,14). The largest absolute Gasteiger partial charge is 0.495 e. The van der Waals surface area contributed by atoms with E-state index < -0.39 is 27.9 Å². The molecule has 0 fully saturated rings. The highest BCUT2D eigenvalue weighted by Gasteiger charge is 2.27. The fourth-order valence-electron chi connectivity index (χ4n) is 1.37. The Bertz CT molecular complexity index is 430. The number of benzene rings is 1. The van der Waals surface area contributed by atoms with Gasteiger partial charge in [-0.05, 0) is 19.1 Å². The van der Waals surface area contributed by atoms with Crippen molar-refractivity contribution in [1.29, 1.82) is 0 Å². The average molecular weight is 256 g/mol. The van der Waals surface area contributed by atoms with Gasteiger partial charge in [-0.3, -0.25) is 9.00 Å². The number of hydrogen-bond donors (Lipinski definition) is 1. The summed E-state index contributed by atoms with van der Waals surface area (Å²) >= 11 is 0. The van der Waals surface area contributed by atoms with E-state index in [9.17, 15) is 9.00 Å². The van der Waals surface area contributed by atoms with E-state index in [-0.39, 0.29) is 0 Å². The molecule has 3 unspecified atom stereocenters. The van der Waals surface area contributed by atoms with Crippen LogP contribution in [0, 0.1) is 5.92 Å². The number of carboxylic acids is 1. The third-order valence-electron chi connectivity index (χ3n) is 2.72. The predicted molar refractivity (Wildman–Crippen MR) is 65.7 cm³/mol. The molecule has 0 aliphatic heterocycles. The Kier molecular flexibility index (Phi) is 4.69. The van der Waals surface area contributed by atoms with E-state index in [2.05, 4.69) is 0 Å². The SMILES string of the molecule is COc1ccccc1S(=O)C(C)C(C)C(=O)O. The monoisotopic (exact) mass is 256 g/mol. The third-order valence-corrected chi connectivity index (χ3v) is 4.57. The van der Waals surface area contributed by atoms with Gasteiger partial charge in [-0.2, -0.15) is 0 Å². The Morgan fingerprint density at radius 1 is 1.35 bits per heavy atom. The van der Waals surface area contributed by atoms with Gasteiger partial charge in [-0.15, -0.1) is 0 Å². The number of para-hydroxylation sites is 1. The average Bonchev–Trinajstić information content (AvgIpc) is 2.35. The molecule has 17 heavy (non-hydrogen) atoms. The summed E-state index contributed by atoms with van der Waals surface area (Å²) in [6.45, 7) is 3.22. The zero-order valence-corrected chi connectivity index (χ0v) is 10.9. The molecule has 1 aromatic carbocycles. The number of rotatable bonds is 5. The molecule has 0 radical (unpaired) electrons. The summed E-state index contributed by atoms with van der Waals surface area (Å²) in [5.74, 6) is -1.09. The molecule has 4 nitrogen and oxygen atoms in total. The van der Waals surface area contributed by atoms with E-state index in [0.29, 0.717) is 10.6 Å². The van der Waals surface area contributed by atoms with Gasteiger partial charge in [0.05, 0.1) is 28.7 Å². The molecular weight excluding hydrogens is 240 g/mol. The van der Waals surface area contributed by atoms with Crippen LogP contribution in [0.2, 0.25) is 0 Å². The maximum absolute atomic E-state index is 12.2. The Hall–Kier alpha value is -1.36. The quantitative estimate of drug-likeness (QED) is 0.874. The molecule has 0 amide bonds. The molecule has 0 aliphatic carbocycles. The molecule has 0 heterocycles. The Morgan fingerprint density at radius 3 is 2.47 bits per heavy atom. The van der Waals surface area contributed by atoms with E-state index in [1.807, 2.05) is 0 Å². The summed E-state index contributed by atoms with van der Waals surface area (Å²) in [5, 5.41) is 8.44. The predicted octanol–water partition coefficient (Wildman–Crippen LogP) is 1.91. The number of hydrogen-bond acceptors (Lipinski definition) is 3. The van der Waals surface area contributed by atoms with Crippen molar-refractivity contribution >= 4 is 16.8 Å². The zero-order chi connectivity index (χ0) is 13.0. The van der Waals surface area contributed by atoms with Gasteiger partial charge < -0.3 is 9.84 Å². The number of ether oxygens (including phenoxy) is 1. The van der Waals surface area contributed by atoms with Crippen LogP contribution in [0.25, 0.3) is 0 Å². The minimum atomic E-state index is -1.40. The molecule has 94 valence electrons. The number of methoxy groups -OCH3 is 1. The second-order valence-electron chi connectivity index (χ2n) is 3.78. The molecule has 0 bridgehead atoms. The molecule has 5 heteroatoms. The first-order valence-corrected chi connectivity index (χ1v) is 6.46. The topological polar surface area (TPSA) is 63.6 Å². The minimum Gasteiger partial charge on any atom is -0.495 e. The molecule has 0 saturated carbocycles. The first-order chi connectivity index (χ1) is 7.99. The second-order valence-corrected chi connectivity index (χ2v) is 5.56. The van der Waals surface area contributed by atoms with Crippen molar-refractivity contribution in [3.8, 4) is 5.75 Å². The maximum Gasteiger partial charge on any atom is 0.307 e. The van der Waals surface area contributed by atoms with E-state index in [4.69, 9.17) is 9.84 Å². The summed E-state index contributed by atoms with van der Waals surface area (Å²) in [6.07, 6.45) is 0. The van der Waals surface area contributed by atoms with Gasteiger partial charge in [0.25, 0.3) is 0 Å². The molecular formula is C12H16O4S. The molecule has 1 rings (SSSR count). The fourth-order valence-corrected chi connectivity index (χ4v) is 2.82. The van der Waals surface area contributed by atoms with Gasteiger partial charge in [0, 0.05) is 5.25 Å². The Morgan fingerprint density at radius 2 is 1.94 bits per heavy atom. The smallest absolute Gasteiger partial charge is 0.307 e. The van der Waals surface area contributed by atoms with Gasteiger partial charge >= 0.3 is 5.97 Å². The first kappa shape index (κ1) is 13.7. The lowest BCUT2D eigenvalue weighted by atomic mass is 10.1. The van der Waals surface area contributed by atoms with E-state index in [1.165, 1.54) is 7.11 Å². The molecule has 0 saturated heterocycles. The van der Waals surface area contributed by atoms with Crippen LogP contribution in [0.5, 0.6) is 5.75 Å². The van der Waals surface area contributed by atoms with Crippen molar-refractivity contribution in [2.24, 2.45) is 5.92 Å². The van der Waals surface area contributed by atoms with Gasteiger partial charge in [-0.25, -0.2) is 0 Å². The number of carboxylic acid groups (broad SMARTS) is 1. The van der Waals surface area contributed by atoms with Crippen molar-refractivity contribution in [3.05, 3.63) is 24.3 Å². The van der Waals surface area contributed by atoms with Crippen LogP contribution in [0.1, 0.15) is 13.8 Å². The van der Waals surface area contributed by atoms with Gasteiger partial charge in [-0.1, -0.05) is 19.1 Å². The van der Waals surface area contributed by atoms with Crippen LogP contribution in [0.15, 0.2) is 29.2 Å². The molecule has 0 spiro atoms. The molecule has 0 aliphatic rings. The molecule has 1 N–H and O–H groups in total. The summed E-state index contributed by atoms with van der Waals surface area (Å²) in [7, 11) is 0.105. The van der Waals surface area contributed by atoms with Crippen molar-refractivity contribution in [3.63, 3.8) is 0 Å². The zero-order valence-electron chi connectivity index (χ0n) is 10.0. The van der Waals surface area contributed by atoms with Crippen LogP contribution in [-0.2, 0) is 15.6 Å². The summed E-state index contributed by atoms with van der Waals surface area (Å²) < 4.78 is 17.4. The Labute approximate surface area is 103 Å².